The predicted molar refractivity (Wildman–Crippen MR) is 95.6 cm³/mol. The van der Waals surface area contributed by atoms with Crippen LogP contribution in [0.1, 0.15) is 51.5 Å². The van der Waals surface area contributed by atoms with Gasteiger partial charge in [-0.25, -0.2) is 0 Å². The molecular weight excluding hydrogens is 322 g/mol. The Morgan fingerprint density at radius 1 is 1.14 bits per heavy atom. The Kier molecular flexibility index (Phi) is 7.25. The summed E-state index contributed by atoms with van der Waals surface area (Å²) in [7, 11) is 0. The van der Waals surface area contributed by atoms with Crippen LogP contribution in [0.4, 0.5) is 0 Å². The topological polar surface area (TPSA) is 12.0 Å². The largest absolute Gasteiger partial charge is 0.317 e. The number of hydrogen-bond donors (Lipinski definition) is 1. The molecule has 2 heteroatoms. The highest BCUT2D eigenvalue weighted by Gasteiger charge is 2.30. The Labute approximate surface area is 139 Å². The second-order valence-electron chi connectivity index (χ2n) is 6.59. The number of rotatable bonds is 7. The Balaban J connectivity index is 2.03. The monoisotopic (exact) mass is 351 g/mol. The summed E-state index contributed by atoms with van der Waals surface area (Å²) in [5, 5.41) is 3.58. The first-order valence-electron chi connectivity index (χ1n) is 8.68. The summed E-state index contributed by atoms with van der Waals surface area (Å²) in [6.07, 6.45) is 8.26. The lowest BCUT2D eigenvalue weighted by molar-refractivity contribution is 0.168. The maximum absolute atomic E-state index is 3.73. The molecule has 1 N–H and O–H groups in total. The molecule has 1 aromatic rings. The van der Waals surface area contributed by atoms with Crippen molar-refractivity contribution in [1.29, 1.82) is 0 Å². The molecule has 118 valence electrons. The van der Waals surface area contributed by atoms with Crippen LogP contribution in [0.2, 0.25) is 0 Å². The van der Waals surface area contributed by atoms with Crippen LogP contribution in [-0.2, 0) is 6.42 Å². The van der Waals surface area contributed by atoms with E-state index in [0.717, 1.165) is 24.3 Å². The van der Waals surface area contributed by atoms with Gasteiger partial charge in [-0.2, -0.15) is 0 Å². The number of halogens is 1. The molecule has 1 fully saturated rings. The van der Waals surface area contributed by atoms with Gasteiger partial charge in [-0.05, 0) is 61.7 Å². The Hall–Kier alpha value is -0.340. The molecule has 21 heavy (non-hydrogen) atoms. The molecule has 1 aromatic carbocycles. The summed E-state index contributed by atoms with van der Waals surface area (Å²) >= 11 is 3.73. The van der Waals surface area contributed by atoms with Crippen molar-refractivity contribution in [3.63, 3.8) is 0 Å². The Bertz CT molecular complexity index is 418. The van der Waals surface area contributed by atoms with Crippen molar-refractivity contribution in [2.75, 3.05) is 13.1 Å². The Morgan fingerprint density at radius 2 is 1.95 bits per heavy atom. The zero-order valence-electron chi connectivity index (χ0n) is 13.6. The fourth-order valence-corrected chi connectivity index (χ4v) is 4.34. The van der Waals surface area contributed by atoms with Crippen LogP contribution in [0.25, 0.3) is 0 Å². The van der Waals surface area contributed by atoms with E-state index in [1.54, 1.807) is 0 Å². The maximum Gasteiger partial charge on any atom is 0.0207 e. The lowest BCUT2D eigenvalue weighted by atomic mass is 9.70. The van der Waals surface area contributed by atoms with Gasteiger partial charge in [-0.1, -0.05) is 67.2 Å². The van der Waals surface area contributed by atoms with Crippen molar-refractivity contribution in [2.24, 2.45) is 17.8 Å². The highest BCUT2D eigenvalue weighted by Crippen LogP contribution is 2.38. The van der Waals surface area contributed by atoms with Gasteiger partial charge in [0.1, 0.15) is 0 Å². The van der Waals surface area contributed by atoms with Crippen molar-refractivity contribution in [3.05, 3.63) is 34.3 Å². The maximum atomic E-state index is 3.73. The second-order valence-corrected chi connectivity index (χ2v) is 7.45. The van der Waals surface area contributed by atoms with Crippen LogP contribution in [0.3, 0.4) is 0 Å². The summed E-state index contributed by atoms with van der Waals surface area (Å²) in [5.41, 5.74) is 1.49. The summed E-state index contributed by atoms with van der Waals surface area (Å²) in [5.74, 6) is 2.65. The van der Waals surface area contributed by atoms with Crippen LogP contribution in [-0.4, -0.2) is 13.1 Å². The van der Waals surface area contributed by atoms with Crippen molar-refractivity contribution >= 4 is 15.9 Å². The first kappa shape index (κ1) is 17.0. The fraction of sp³-hybridized carbons (Fsp3) is 0.684. The summed E-state index contributed by atoms with van der Waals surface area (Å²) < 4.78 is 1.28. The number of nitrogens with one attached hydrogen (secondary N) is 1. The molecule has 0 amide bonds. The summed E-state index contributed by atoms with van der Waals surface area (Å²) in [6.45, 7) is 6.83. The van der Waals surface area contributed by atoms with E-state index in [2.05, 4.69) is 59.4 Å². The molecule has 0 bridgehead atoms. The number of hydrogen-bond acceptors (Lipinski definition) is 1. The number of benzene rings is 1. The first-order valence-corrected chi connectivity index (χ1v) is 9.48. The van der Waals surface area contributed by atoms with Gasteiger partial charge in [0.25, 0.3) is 0 Å². The molecule has 3 unspecified atom stereocenters. The first-order chi connectivity index (χ1) is 10.2. The minimum Gasteiger partial charge on any atom is -0.317 e. The van der Waals surface area contributed by atoms with E-state index in [-0.39, 0.29) is 0 Å². The van der Waals surface area contributed by atoms with E-state index in [0.29, 0.717) is 0 Å². The van der Waals surface area contributed by atoms with Gasteiger partial charge in [0.2, 0.25) is 0 Å². The fourth-order valence-electron chi connectivity index (χ4n) is 3.89. The zero-order chi connectivity index (χ0) is 15.1. The van der Waals surface area contributed by atoms with E-state index in [1.807, 2.05) is 0 Å². The van der Waals surface area contributed by atoms with Gasteiger partial charge in [0.05, 0.1) is 0 Å². The minimum absolute atomic E-state index is 0.841. The van der Waals surface area contributed by atoms with Crippen molar-refractivity contribution in [2.45, 2.75) is 52.4 Å². The van der Waals surface area contributed by atoms with Crippen molar-refractivity contribution < 1.29 is 0 Å². The molecule has 3 atom stereocenters. The standard InChI is InChI=1S/C19H30BrN/c1-3-7-15-10-11-17(14-21-4-2)18(12-15)13-16-8-5-6-9-19(16)20/h5-6,8-9,15,17-18,21H,3-4,7,10-14H2,1-2H3. The van der Waals surface area contributed by atoms with E-state index in [4.69, 9.17) is 0 Å². The van der Waals surface area contributed by atoms with Crippen LogP contribution in [0, 0.1) is 17.8 Å². The lowest BCUT2D eigenvalue weighted by Crippen LogP contribution is -2.34. The van der Waals surface area contributed by atoms with Gasteiger partial charge in [0, 0.05) is 4.47 Å². The Morgan fingerprint density at radius 3 is 2.67 bits per heavy atom. The quantitative estimate of drug-likeness (QED) is 0.690. The molecule has 1 saturated carbocycles. The highest BCUT2D eigenvalue weighted by molar-refractivity contribution is 9.10. The van der Waals surface area contributed by atoms with Gasteiger partial charge in [-0.3, -0.25) is 0 Å². The summed E-state index contributed by atoms with van der Waals surface area (Å²) in [6, 6.07) is 8.76. The van der Waals surface area contributed by atoms with Crippen LogP contribution in [0.5, 0.6) is 0 Å². The van der Waals surface area contributed by atoms with Crippen molar-refractivity contribution in [3.8, 4) is 0 Å². The van der Waals surface area contributed by atoms with Gasteiger partial charge < -0.3 is 5.32 Å². The van der Waals surface area contributed by atoms with Gasteiger partial charge in [-0.15, -0.1) is 0 Å². The lowest BCUT2D eigenvalue weighted by Gasteiger charge is -2.37. The van der Waals surface area contributed by atoms with Crippen molar-refractivity contribution in [1.82, 2.24) is 5.32 Å². The smallest absolute Gasteiger partial charge is 0.0207 e. The molecule has 0 saturated heterocycles. The SMILES string of the molecule is CCCC1CCC(CNCC)C(Cc2ccccc2Br)C1. The van der Waals surface area contributed by atoms with Crippen LogP contribution >= 0.6 is 15.9 Å². The highest BCUT2D eigenvalue weighted by atomic mass is 79.9. The molecule has 1 nitrogen and oxygen atoms in total. The average Bonchev–Trinajstić information content (AvgIpc) is 2.49. The molecule has 0 radical (unpaired) electrons. The second kappa shape index (κ2) is 8.95. The third-order valence-corrected chi connectivity index (χ3v) is 5.82. The molecule has 0 heterocycles. The van der Waals surface area contributed by atoms with Gasteiger partial charge in [0.15, 0.2) is 0 Å². The molecular formula is C19H30BrN. The molecule has 1 aliphatic rings. The summed E-state index contributed by atoms with van der Waals surface area (Å²) in [4.78, 5) is 0. The molecule has 2 rings (SSSR count). The molecule has 1 aliphatic carbocycles. The van der Waals surface area contributed by atoms with Crippen LogP contribution < -0.4 is 5.32 Å². The molecule has 0 aromatic heterocycles. The third kappa shape index (κ3) is 5.10. The third-order valence-electron chi connectivity index (χ3n) is 5.04. The predicted octanol–water partition coefficient (Wildman–Crippen LogP) is 5.43. The molecule has 0 aliphatic heterocycles. The average molecular weight is 352 g/mol. The zero-order valence-corrected chi connectivity index (χ0v) is 15.2. The van der Waals surface area contributed by atoms with E-state index < -0.39 is 0 Å². The van der Waals surface area contributed by atoms with E-state index in [1.165, 1.54) is 55.1 Å². The normalized spacial score (nSPS) is 26.0. The van der Waals surface area contributed by atoms with E-state index >= 15 is 0 Å². The minimum atomic E-state index is 0.841. The van der Waals surface area contributed by atoms with Gasteiger partial charge >= 0.3 is 0 Å². The molecule has 0 spiro atoms. The van der Waals surface area contributed by atoms with E-state index in [9.17, 15) is 0 Å². The van der Waals surface area contributed by atoms with Crippen LogP contribution in [0.15, 0.2) is 28.7 Å².